The minimum absolute atomic E-state index is 0.265. The summed E-state index contributed by atoms with van der Waals surface area (Å²) in [7, 11) is 0.470. The van der Waals surface area contributed by atoms with Gasteiger partial charge < -0.3 is 9.47 Å². The van der Waals surface area contributed by atoms with E-state index in [4.69, 9.17) is 9.47 Å². The molecule has 43 heavy (non-hydrogen) atoms. The van der Waals surface area contributed by atoms with E-state index in [1.807, 2.05) is 66.7 Å². The molecule has 0 fully saturated rings. The first kappa shape index (κ1) is 29.7. The molecule has 5 heteroatoms. The zero-order chi connectivity index (χ0) is 30.0. The van der Waals surface area contributed by atoms with Gasteiger partial charge in [0.25, 0.3) is 0 Å². The Kier molecular flexibility index (Phi) is 9.94. The lowest BCUT2D eigenvalue weighted by Crippen LogP contribution is -2.22. The third-order valence-corrected chi connectivity index (χ3v) is 9.55. The minimum atomic E-state index is -0.902. The molecule has 0 saturated carbocycles. The van der Waals surface area contributed by atoms with Gasteiger partial charge in [0.15, 0.2) is 0 Å². The normalized spacial score (nSPS) is 11.3. The molecule has 0 aliphatic carbocycles. The van der Waals surface area contributed by atoms with E-state index >= 15 is 0 Å². The maximum absolute atomic E-state index is 13.2. The van der Waals surface area contributed by atoms with Crippen molar-refractivity contribution in [1.82, 2.24) is 0 Å². The van der Waals surface area contributed by atoms with Crippen molar-refractivity contribution in [2.24, 2.45) is 0 Å². The van der Waals surface area contributed by atoms with Crippen molar-refractivity contribution < 1.29 is 19.1 Å². The largest absolute Gasteiger partial charge is 0.465 e. The molecule has 0 spiro atoms. The van der Waals surface area contributed by atoms with Crippen LogP contribution in [0.4, 0.5) is 0 Å². The van der Waals surface area contributed by atoms with E-state index < -0.39 is 13.9 Å². The minimum Gasteiger partial charge on any atom is -0.465 e. The summed E-state index contributed by atoms with van der Waals surface area (Å²) in [5.41, 5.74) is 4.66. The van der Waals surface area contributed by atoms with Crippen LogP contribution < -0.4 is 15.9 Å². The van der Waals surface area contributed by atoms with Gasteiger partial charge in [0.1, 0.15) is 0 Å². The Hall–Kier alpha value is -4.79. The summed E-state index contributed by atoms with van der Waals surface area (Å²) in [5.74, 6) is -0.813. The highest BCUT2D eigenvalue weighted by atomic mass is 31.1. The predicted molar refractivity (Wildman–Crippen MR) is 177 cm³/mol. The van der Waals surface area contributed by atoms with Crippen molar-refractivity contribution in [3.63, 3.8) is 0 Å². The maximum Gasteiger partial charge on any atom is 0.337 e. The van der Waals surface area contributed by atoms with Crippen LogP contribution in [-0.2, 0) is 20.7 Å². The number of carbonyl (C=O) groups excluding carboxylic acids is 2. The summed E-state index contributed by atoms with van der Waals surface area (Å²) in [5, 5.41) is 3.66. The van der Waals surface area contributed by atoms with Crippen molar-refractivity contribution in [3.05, 3.63) is 156 Å². The molecule has 5 aromatic carbocycles. The van der Waals surface area contributed by atoms with E-state index in [2.05, 4.69) is 66.7 Å². The Morgan fingerprint density at radius 3 is 1.88 bits per heavy atom. The topological polar surface area (TPSA) is 52.6 Å². The molecule has 5 aromatic rings. The second-order valence-corrected chi connectivity index (χ2v) is 12.1. The van der Waals surface area contributed by atoms with Gasteiger partial charge in [-0.05, 0) is 71.2 Å². The molecule has 0 aliphatic heterocycles. The number of methoxy groups -OCH3 is 1. The Labute approximate surface area is 254 Å². The first-order chi connectivity index (χ1) is 21.1. The van der Waals surface area contributed by atoms with Crippen LogP contribution in [0.5, 0.6) is 0 Å². The van der Waals surface area contributed by atoms with Crippen LogP contribution in [0.1, 0.15) is 28.4 Å². The molecule has 0 aromatic heterocycles. The number of hydrogen-bond acceptors (Lipinski definition) is 4. The van der Waals surface area contributed by atoms with Gasteiger partial charge in [-0.25, -0.2) is 9.59 Å². The second-order valence-electron chi connectivity index (χ2n) is 9.86. The van der Waals surface area contributed by atoms with E-state index in [1.165, 1.54) is 23.0 Å². The highest BCUT2D eigenvalue weighted by molar-refractivity contribution is 7.80. The fourth-order valence-corrected chi connectivity index (χ4v) is 7.55. The standard InChI is InChI=1S/C38H33O4P/c1-3-42-38(40)31(25-28-15-7-4-8-16-28)27-30-26-29(37(39)41-2)23-24-34(30)35-21-13-14-22-36(35)43(32-17-9-5-10-18-32)33-19-11-6-12-20-33/h4-26H,3,27H2,1-2H3. The van der Waals surface area contributed by atoms with E-state index in [-0.39, 0.29) is 19.0 Å². The Balaban J connectivity index is 1.70. The summed E-state index contributed by atoms with van der Waals surface area (Å²) >= 11 is 0. The molecule has 4 nitrogen and oxygen atoms in total. The van der Waals surface area contributed by atoms with Crippen LogP contribution >= 0.6 is 7.92 Å². The zero-order valence-electron chi connectivity index (χ0n) is 24.3. The number of benzene rings is 5. The fourth-order valence-electron chi connectivity index (χ4n) is 5.09. The number of ether oxygens (including phenoxy) is 2. The number of carbonyl (C=O) groups is 2. The fraction of sp³-hybridized carbons (Fsp3) is 0.105. The number of esters is 2. The van der Waals surface area contributed by atoms with Crippen LogP contribution in [0.3, 0.4) is 0 Å². The highest BCUT2D eigenvalue weighted by Crippen LogP contribution is 2.38. The van der Waals surface area contributed by atoms with Gasteiger partial charge in [0, 0.05) is 12.0 Å². The monoisotopic (exact) mass is 584 g/mol. The van der Waals surface area contributed by atoms with E-state index in [1.54, 1.807) is 13.0 Å². The SMILES string of the molecule is CCOC(=O)C(=Cc1ccccc1)Cc1cc(C(=O)OC)ccc1-c1ccccc1P(c1ccccc1)c1ccccc1. The maximum atomic E-state index is 13.2. The molecule has 0 amide bonds. The van der Waals surface area contributed by atoms with Crippen molar-refractivity contribution in [2.75, 3.05) is 13.7 Å². The molecule has 0 bridgehead atoms. The molecule has 0 N–H and O–H groups in total. The van der Waals surface area contributed by atoms with Crippen molar-refractivity contribution >= 4 is 41.8 Å². The first-order valence-corrected chi connectivity index (χ1v) is 15.6. The van der Waals surface area contributed by atoms with Crippen molar-refractivity contribution in [1.29, 1.82) is 0 Å². The smallest absolute Gasteiger partial charge is 0.337 e. The lowest BCUT2D eigenvalue weighted by atomic mass is 9.92. The summed E-state index contributed by atoms with van der Waals surface area (Å²) in [4.78, 5) is 25.9. The second kappa shape index (κ2) is 14.4. The summed E-state index contributed by atoms with van der Waals surface area (Å²) in [6.07, 6.45) is 2.14. The van der Waals surface area contributed by atoms with Gasteiger partial charge in [-0.15, -0.1) is 0 Å². The molecule has 0 aliphatic rings. The average molecular weight is 585 g/mol. The lowest BCUT2D eigenvalue weighted by molar-refractivity contribution is -0.138. The Morgan fingerprint density at radius 2 is 1.28 bits per heavy atom. The molecular formula is C38H33O4P. The summed E-state index contributed by atoms with van der Waals surface area (Å²) in [6, 6.07) is 44.8. The zero-order valence-corrected chi connectivity index (χ0v) is 25.2. The number of rotatable bonds is 10. The molecular weight excluding hydrogens is 551 g/mol. The van der Waals surface area contributed by atoms with Crippen LogP contribution in [-0.4, -0.2) is 25.7 Å². The molecule has 0 saturated heterocycles. The van der Waals surface area contributed by atoms with E-state index in [9.17, 15) is 9.59 Å². The molecule has 5 rings (SSSR count). The van der Waals surface area contributed by atoms with Gasteiger partial charge >= 0.3 is 11.9 Å². The molecule has 0 radical (unpaired) electrons. The molecule has 0 heterocycles. The van der Waals surface area contributed by atoms with Gasteiger partial charge in [-0.1, -0.05) is 121 Å². The third-order valence-electron chi connectivity index (χ3n) is 7.05. The Bertz CT molecular complexity index is 1670. The number of hydrogen-bond donors (Lipinski definition) is 0. The third kappa shape index (κ3) is 7.17. The molecule has 214 valence electrons. The highest BCUT2D eigenvalue weighted by Gasteiger charge is 2.23. The van der Waals surface area contributed by atoms with Crippen LogP contribution in [0, 0.1) is 0 Å². The van der Waals surface area contributed by atoms with E-state index in [0.717, 1.165) is 22.3 Å². The Morgan fingerprint density at radius 1 is 0.698 bits per heavy atom. The lowest BCUT2D eigenvalue weighted by Gasteiger charge is -2.24. The molecule has 0 unspecified atom stereocenters. The first-order valence-electron chi connectivity index (χ1n) is 14.2. The van der Waals surface area contributed by atoms with Crippen LogP contribution in [0.2, 0.25) is 0 Å². The predicted octanol–water partition coefficient (Wildman–Crippen LogP) is 7.09. The van der Waals surface area contributed by atoms with Crippen molar-refractivity contribution in [3.8, 4) is 11.1 Å². The van der Waals surface area contributed by atoms with Gasteiger partial charge in [0.05, 0.1) is 19.3 Å². The van der Waals surface area contributed by atoms with Gasteiger partial charge in [-0.2, -0.15) is 0 Å². The average Bonchev–Trinajstić information content (AvgIpc) is 3.06. The quantitative estimate of drug-likeness (QED) is 0.1000. The summed E-state index contributed by atoms with van der Waals surface area (Å²) < 4.78 is 10.5. The van der Waals surface area contributed by atoms with Crippen molar-refractivity contribution in [2.45, 2.75) is 13.3 Å². The van der Waals surface area contributed by atoms with Crippen LogP contribution in [0.15, 0.2) is 139 Å². The van der Waals surface area contributed by atoms with E-state index in [0.29, 0.717) is 11.1 Å². The molecule has 0 atom stereocenters. The van der Waals surface area contributed by atoms with Gasteiger partial charge in [0.2, 0.25) is 0 Å². The van der Waals surface area contributed by atoms with Crippen LogP contribution in [0.25, 0.3) is 17.2 Å². The van der Waals surface area contributed by atoms with Gasteiger partial charge in [-0.3, -0.25) is 0 Å². The summed E-state index contributed by atoms with van der Waals surface area (Å²) in [6.45, 7) is 2.06.